The van der Waals surface area contributed by atoms with Crippen LogP contribution in [0.4, 0.5) is 5.69 Å². The van der Waals surface area contributed by atoms with E-state index in [1.54, 1.807) is 11.1 Å². The van der Waals surface area contributed by atoms with E-state index >= 15 is 0 Å². The van der Waals surface area contributed by atoms with Gasteiger partial charge in [-0.25, -0.2) is 4.98 Å². The zero-order valence-electron chi connectivity index (χ0n) is 10.2. The lowest BCUT2D eigenvalue weighted by molar-refractivity contribution is -0.121. The maximum Gasteiger partial charge on any atom is 0.265 e. The minimum absolute atomic E-state index is 0.0235. The minimum Gasteiger partial charge on any atom is -0.482 e. The van der Waals surface area contributed by atoms with Crippen molar-refractivity contribution in [3.63, 3.8) is 0 Å². The van der Waals surface area contributed by atoms with E-state index in [0.29, 0.717) is 28.8 Å². The lowest BCUT2D eigenvalue weighted by Crippen LogP contribution is -2.38. The largest absolute Gasteiger partial charge is 0.482 e. The smallest absolute Gasteiger partial charge is 0.265 e. The lowest BCUT2D eigenvalue weighted by atomic mass is 10.2. The minimum atomic E-state index is -0.118. The molecular formula is C13H9BrClN3O2. The van der Waals surface area contributed by atoms with Crippen LogP contribution in [0.1, 0.15) is 5.69 Å². The predicted octanol–water partition coefficient (Wildman–Crippen LogP) is 2.82. The van der Waals surface area contributed by atoms with Gasteiger partial charge in [0.25, 0.3) is 5.91 Å². The number of hydrogen-bond acceptors (Lipinski definition) is 4. The fourth-order valence-electron chi connectivity index (χ4n) is 1.93. The van der Waals surface area contributed by atoms with E-state index in [4.69, 9.17) is 16.3 Å². The molecular weight excluding hydrogens is 346 g/mol. The van der Waals surface area contributed by atoms with E-state index in [0.717, 1.165) is 4.47 Å². The number of ether oxygens (including phenoxy) is 1. The first-order chi connectivity index (χ1) is 9.63. The van der Waals surface area contributed by atoms with Crippen LogP contribution in [0.15, 0.2) is 35.1 Å². The third kappa shape index (κ3) is 2.62. The van der Waals surface area contributed by atoms with Gasteiger partial charge in [-0.3, -0.25) is 14.7 Å². The number of hydrogen-bond donors (Lipinski definition) is 0. The number of carbonyl (C=O) groups excluding carboxylic acids is 1. The Morgan fingerprint density at radius 3 is 2.95 bits per heavy atom. The molecule has 102 valence electrons. The summed E-state index contributed by atoms with van der Waals surface area (Å²) in [5, 5.41) is 0.324. The molecule has 0 aliphatic carbocycles. The number of fused-ring (bicyclic) bond motifs is 1. The molecule has 0 saturated carbocycles. The van der Waals surface area contributed by atoms with Crippen LogP contribution in [0, 0.1) is 0 Å². The van der Waals surface area contributed by atoms with Gasteiger partial charge >= 0.3 is 0 Å². The summed E-state index contributed by atoms with van der Waals surface area (Å²) in [5.74, 6) is 0.557. The molecule has 20 heavy (non-hydrogen) atoms. The maximum atomic E-state index is 12.1. The van der Waals surface area contributed by atoms with Crippen LogP contribution in [-0.2, 0) is 11.3 Å². The quantitative estimate of drug-likeness (QED) is 0.832. The molecule has 1 aliphatic rings. The van der Waals surface area contributed by atoms with Gasteiger partial charge in [0.15, 0.2) is 6.61 Å². The zero-order valence-corrected chi connectivity index (χ0v) is 12.6. The van der Waals surface area contributed by atoms with Gasteiger partial charge in [0.2, 0.25) is 0 Å². The summed E-state index contributed by atoms with van der Waals surface area (Å²) in [6, 6.07) is 5.54. The van der Waals surface area contributed by atoms with Gasteiger partial charge in [0.05, 0.1) is 30.3 Å². The van der Waals surface area contributed by atoms with Crippen LogP contribution in [0.5, 0.6) is 5.75 Å². The molecule has 0 bridgehead atoms. The van der Waals surface area contributed by atoms with Gasteiger partial charge in [-0.15, -0.1) is 0 Å². The number of aromatic nitrogens is 2. The van der Waals surface area contributed by atoms with Gasteiger partial charge in [0, 0.05) is 4.47 Å². The average Bonchev–Trinajstić information content (AvgIpc) is 2.44. The normalized spacial score (nSPS) is 13.9. The van der Waals surface area contributed by atoms with Gasteiger partial charge in [-0.05, 0) is 18.2 Å². The van der Waals surface area contributed by atoms with Gasteiger partial charge < -0.3 is 4.74 Å². The first-order valence-corrected chi connectivity index (χ1v) is 7.00. The molecule has 7 heteroatoms. The maximum absolute atomic E-state index is 12.1. The molecule has 2 aromatic rings. The Balaban J connectivity index is 1.94. The molecule has 0 radical (unpaired) electrons. The number of anilines is 1. The van der Waals surface area contributed by atoms with E-state index in [1.165, 1.54) is 6.20 Å². The number of rotatable bonds is 2. The summed E-state index contributed by atoms with van der Waals surface area (Å²) >= 11 is 9.10. The van der Waals surface area contributed by atoms with E-state index in [2.05, 4.69) is 25.9 Å². The summed E-state index contributed by atoms with van der Waals surface area (Å²) in [4.78, 5) is 21.8. The first kappa shape index (κ1) is 13.3. The summed E-state index contributed by atoms with van der Waals surface area (Å²) in [5.41, 5.74) is 1.38. The third-order valence-electron chi connectivity index (χ3n) is 2.86. The van der Waals surface area contributed by atoms with Crippen molar-refractivity contribution in [2.75, 3.05) is 11.5 Å². The summed E-state index contributed by atoms with van der Waals surface area (Å²) in [7, 11) is 0. The molecule has 1 aromatic carbocycles. The molecule has 0 unspecified atom stereocenters. The monoisotopic (exact) mass is 353 g/mol. The first-order valence-electron chi connectivity index (χ1n) is 5.82. The molecule has 1 aliphatic heterocycles. The van der Waals surface area contributed by atoms with Crippen LogP contribution < -0.4 is 9.64 Å². The van der Waals surface area contributed by atoms with Crippen molar-refractivity contribution >= 4 is 39.1 Å². The Morgan fingerprint density at radius 1 is 1.35 bits per heavy atom. The van der Waals surface area contributed by atoms with Crippen molar-refractivity contribution < 1.29 is 9.53 Å². The highest BCUT2D eigenvalue weighted by Gasteiger charge is 2.26. The van der Waals surface area contributed by atoms with E-state index < -0.39 is 0 Å². The summed E-state index contributed by atoms with van der Waals surface area (Å²) < 4.78 is 6.29. The topological polar surface area (TPSA) is 55.3 Å². The van der Waals surface area contributed by atoms with Crippen molar-refractivity contribution in [3.05, 3.63) is 45.9 Å². The Labute approximate surface area is 128 Å². The number of amides is 1. The molecule has 0 N–H and O–H groups in total. The molecule has 2 heterocycles. The van der Waals surface area contributed by atoms with Crippen molar-refractivity contribution in [1.29, 1.82) is 0 Å². The second kappa shape index (κ2) is 5.38. The second-order valence-electron chi connectivity index (χ2n) is 4.21. The van der Waals surface area contributed by atoms with E-state index in [-0.39, 0.29) is 12.5 Å². The molecule has 3 rings (SSSR count). The SMILES string of the molecule is O=C1COc2ccc(Br)cc2N1Cc1cnc(Cl)cn1. The highest BCUT2D eigenvalue weighted by molar-refractivity contribution is 9.10. The molecule has 5 nitrogen and oxygen atoms in total. The predicted molar refractivity (Wildman–Crippen MR) is 77.9 cm³/mol. The Bertz CT molecular complexity index is 663. The van der Waals surface area contributed by atoms with Crippen LogP contribution in [0.3, 0.4) is 0 Å². The van der Waals surface area contributed by atoms with Crippen molar-refractivity contribution in [2.45, 2.75) is 6.54 Å². The second-order valence-corrected chi connectivity index (χ2v) is 5.51. The number of benzene rings is 1. The summed E-state index contributed by atoms with van der Waals surface area (Å²) in [6.45, 7) is 0.353. The van der Waals surface area contributed by atoms with Crippen molar-refractivity contribution in [3.8, 4) is 5.75 Å². The average molecular weight is 355 g/mol. The number of halogens is 2. The Hall–Kier alpha value is -1.66. The number of nitrogens with zero attached hydrogens (tertiary/aromatic N) is 3. The van der Waals surface area contributed by atoms with Gasteiger partial charge in [-0.1, -0.05) is 27.5 Å². The van der Waals surface area contributed by atoms with Crippen LogP contribution in [-0.4, -0.2) is 22.5 Å². The summed E-state index contributed by atoms with van der Waals surface area (Å²) in [6.07, 6.45) is 3.02. The number of carbonyl (C=O) groups is 1. The van der Waals surface area contributed by atoms with Crippen LogP contribution in [0.2, 0.25) is 5.15 Å². The Morgan fingerprint density at radius 2 is 2.20 bits per heavy atom. The van der Waals surface area contributed by atoms with E-state index in [1.807, 2.05) is 18.2 Å². The Kier molecular flexibility index (Phi) is 3.58. The fraction of sp³-hybridized carbons (Fsp3) is 0.154. The standard InChI is InChI=1S/C13H9BrClN3O2/c14-8-1-2-11-10(3-8)18(13(19)7-20-11)6-9-4-17-12(15)5-16-9/h1-5H,6-7H2. The van der Waals surface area contributed by atoms with E-state index in [9.17, 15) is 4.79 Å². The zero-order chi connectivity index (χ0) is 14.1. The molecule has 0 fully saturated rings. The molecule has 0 atom stereocenters. The van der Waals surface area contributed by atoms with Crippen LogP contribution in [0.25, 0.3) is 0 Å². The highest BCUT2D eigenvalue weighted by atomic mass is 79.9. The van der Waals surface area contributed by atoms with Crippen LogP contribution >= 0.6 is 27.5 Å². The highest BCUT2D eigenvalue weighted by Crippen LogP contribution is 2.35. The lowest BCUT2D eigenvalue weighted by Gasteiger charge is -2.29. The molecule has 0 spiro atoms. The third-order valence-corrected chi connectivity index (χ3v) is 3.55. The molecule has 0 saturated heterocycles. The molecule has 1 amide bonds. The van der Waals surface area contributed by atoms with Crippen molar-refractivity contribution in [1.82, 2.24) is 9.97 Å². The van der Waals surface area contributed by atoms with Gasteiger partial charge in [0.1, 0.15) is 10.9 Å². The van der Waals surface area contributed by atoms with Crippen molar-refractivity contribution in [2.24, 2.45) is 0 Å². The fourth-order valence-corrected chi connectivity index (χ4v) is 2.38. The van der Waals surface area contributed by atoms with Gasteiger partial charge in [-0.2, -0.15) is 0 Å². The molecule has 1 aromatic heterocycles.